The summed E-state index contributed by atoms with van der Waals surface area (Å²) in [6.45, 7) is 3.41. The van der Waals surface area contributed by atoms with Crippen molar-refractivity contribution in [3.63, 3.8) is 0 Å². The molecule has 0 unspecified atom stereocenters. The molecule has 34 heavy (non-hydrogen) atoms. The van der Waals surface area contributed by atoms with Crippen LogP contribution < -0.4 is 5.56 Å². The van der Waals surface area contributed by atoms with Gasteiger partial charge >= 0.3 is 0 Å². The van der Waals surface area contributed by atoms with Crippen molar-refractivity contribution in [1.29, 1.82) is 0 Å². The van der Waals surface area contributed by atoms with Gasteiger partial charge in [-0.15, -0.1) is 0 Å². The quantitative estimate of drug-likeness (QED) is 0.382. The number of aromatic nitrogens is 2. The average molecular weight is 474 g/mol. The van der Waals surface area contributed by atoms with Crippen LogP contribution in [0, 0.1) is 12.7 Å². The molecular formula is C28H25ClFN3O. The molecule has 0 atom stereocenters. The Labute approximate surface area is 203 Å². The largest absolute Gasteiger partial charge is 0.294 e. The third kappa shape index (κ3) is 4.29. The van der Waals surface area contributed by atoms with Gasteiger partial charge in [-0.1, -0.05) is 84.4 Å². The molecule has 0 bridgehead atoms. The monoisotopic (exact) mass is 473 g/mol. The summed E-state index contributed by atoms with van der Waals surface area (Å²) in [5, 5.41) is 0.114. The first-order valence-electron chi connectivity index (χ1n) is 11.4. The maximum Gasteiger partial charge on any atom is 0.259 e. The van der Waals surface area contributed by atoms with Gasteiger partial charge in [-0.3, -0.25) is 14.3 Å². The molecule has 0 spiro atoms. The molecule has 1 aromatic heterocycles. The lowest BCUT2D eigenvalue weighted by Gasteiger charge is -2.30. The van der Waals surface area contributed by atoms with Crippen LogP contribution in [0.15, 0.2) is 83.7 Å². The second-order valence-corrected chi connectivity index (χ2v) is 9.06. The highest BCUT2D eigenvalue weighted by Gasteiger charge is 2.27. The molecule has 0 fully saturated rings. The number of halogens is 2. The predicted molar refractivity (Wildman–Crippen MR) is 133 cm³/mol. The van der Waals surface area contributed by atoms with Gasteiger partial charge in [-0.2, -0.15) is 0 Å². The van der Waals surface area contributed by atoms with E-state index in [0.29, 0.717) is 43.0 Å². The predicted octanol–water partition coefficient (Wildman–Crippen LogP) is 5.54. The van der Waals surface area contributed by atoms with Gasteiger partial charge in [0.25, 0.3) is 5.56 Å². The van der Waals surface area contributed by atoms with Crippen molar-refractivity contribution in [2.45, 2.75) is 32.5 Å². The van der Waals surface area contributed by atoms with E-state index in [-0.39, 0.29) is 16.6 Å². The standard InChI is InChI=1S/C28H25ClFN3O/c1-19-31-25-15-16-32(17-22-13-8-14-24(29)26(22)30)18-23(25)28(34)33(19)27(20-9-4-2-5-10-20)21-11-6-3-7-12-21/h2-14,27H,15-18H2,1H3. The molecule has 3 aromatic carbocycles. The molecular weight excluding hydrogens is 449 g/mol. The SMILES string of the molecule is Cc1nc2c(c(=O)n1C(c1ccccc1)c1ccccc1)CN(Cc1cccc(Cl)c1F)CC2. The lowest BCUT2D eigenvalue weighted by molar-refractivity contribution is 0.237. The Hall–Kier alpha value is -3.28. The highest BCUT2D eigenvalue weighted by atomic mass is 35.5. The number of aryl methyl sites for hydroxylation is 1. The van der Waals surface area contributed by atoms with Crippen molar-refractivity contribution >= 4 is 11.6 Å². The van der Waals surface area contributed by atoms with Crippen LogP contribution in [0.1, 0.15) is 39.8 Å². The van der Waals surface area contributed by atoms with Gasteiger partial charge < -0.3 is 0 Å². The van der Waals surface area contributed by atoms with E-state index in [1.165, 1.54) is 0 Å². The normalized spacial score (nSPS) is 13.8. The van der Waals surface area contributed by atoms with Crippen molar-refractivity contribution in [2.75, 3.05) is 6.54 Å². The number of fused-ring (bicyclic) bond motifs is 1. The van der Waals surface area contributed by atoms with Crippen LogP contribution in [0.5, 0.6) is 0 Å². The Kier molecular flexibility index (Phi) is 6.31. The lowest BCUT2D eigenvalue weighted by Crippen LogP contribution is -2.40. The Morgan fingerprint density at radius 2 is 1.62 bits per heavy atom. The number of rotatable bonds is 5. The molecule has 6 heteroatoms. The highest BCUT2D eigenvalue weighted by molar-refractivity contribution is 6.30. The molecule has 1 aliphatic rings. The third-order valence-corrected chi connectivity index (χ3v) is 6.72. The molecule has 0 amide bonds. The van der Waals surface area contributed by atoms with Crippen molar-refractivity contribution in [3.05, 3.63) is 134 Å². The smallest absolute Gasteiger partial charge is 0.259 e. The van der Waals surface area contributed by atoms with Crippen LogP contribution in [0.2, 0.25) is 5.02 Å². The number of hydrogen-bond acceptors (Lipinski definition) is 3. The maximum atomic E-state index is 14.5. The van der Waals surface area contributed by atoms with Gasteiger partial charge in [0.15, 0.2) is 0 Å². The average Bonchev–Trinajstić information content (AvgIpc) is 2.86. The van der Waals surface area contributed by atoms with Crippen LogP contribution in [0.25, 0.3) is 0 Å². The van der Waals surface area contributed by atoms with Gasteiger partial charge in [0.1, 0.15) is 11.6 Å². The lowest BCUT2D eigenvalue weighted by atomic mass is 9.97. The summed E-state index contributed by atoms with van der Waals surface area (Å²) >= 11 is 5.97. The topological polar surface area (TPSA) is 38.1 Å². The Bertz CT molecular complexity index is 1330. The Morgan fingerprint density at radius 3 is 2.26 bits per heavy atom. The first kappa shape index (κ1) is 22.5. The summed E-state index contributed by atoms with van der Waals surface area (Å²) in [7, 11) is 0. The van der Waals surface area contributed by atoms with Crippen molar-refractivity contribution in [2.24, 2.45) is 0 Å². The van der Waals surface area contributed by atoms with E-state index in [1.54, 1.807) is 22.8 Å². The molecule has 5 rings (SSSR count). The molecule has 4 nitrogen and oxygen atoms in total. The van der Waals surface area contributed by atoms with Gasteiger partial charge in [0.05, 0.1) is 22.3 Å². The Balaban J connectivity index is 1.56. The second kappa shape index (κ2) is 9.53. The zero-order valence-electron chi connectivity index (χ0n) is 18.9. The molecule has 0 radical (unpaired) electrons. The fraction of sp³-hybridized carbons (Fsp3) is 0.214. The molecule has 1 aliphatic heterocycles. The molecule has 0 saturated heterocycles. The zero-order valence-corrected chi connectivity index (χ0v) is 19.7. The molecule has 172 valence electrons. The molecule has 0 saturated carbocycles. The summed E-state index contributed by atoms with van der Waals surface area (Å²) in [6, 6.07) is 24.8. The van der Waals surface area contributed by atoms with Crippen LogP contribution in [-0.2, 0) is 19.5 Å². The van der Waals surface area contributed by atoms with E-state index >= 15 is 0 Å². The number of hydrogen-bond donors (Lipinski definition) is 0. The van der Waals surface area contributed by atoms with Crippen molar-refractivity contribution in [1.82, 2.24) is 14.5 Å². The fourth-order valence-corrected chi connectivity index (χ4v) is 4.97. The first-order chi connectivity index (χ1) is 16.5. The van der Waals surface area contributed by atoms with Crippen LogP contribution in [0.4, 0.5) is 4.39 Å². The van der Waals surface area contributed by atoms with E-state index < -0.39 is 5.82 Å². The minimum atomic E-state index is -0.400. The van der Waals surface area contributed by atoms with E-state index in [4.69, 9.17) is 16.6 Å². The van der Waals surface area contributed by atoms with E-state index in [2.05, 4.69) is 4.90 Å². The highest BCUT2D eigenvalue weighted by Crippen LogP contribution is 2.28. The summed E-state index contributed by atoms with van der Waals surface area (Å²) in [6.07, 6.45) is 0.649. The van der Waals surface area contributed by atoms with Crippen LogP contribution in [-0.4, -0.2) is 21.0 Å². The summed E-state index contributed by atoms with van der Waals surface area (Å²) < 4.78 is 16.3. The minimum absolute atomic E-state index is 0.0449. The van der Waals surface area contributed by atoms with Crippen LogP contribution in [0.3, 0.4) is 0 Å². The van der Waals surface area contributed by atoms with Gasteiger partial charge in [-0.25, -0.2) is 9.37 Å². The maximum absolute atomic E-state index is 14.5. The van der Waals surface area contributed by atoms with Gasteiger partial charge in [-0.05, 0) is 24.1 Å². The second-order valence-electron chi connectivity index (χ2n) is 8.66. The molecule has 0 aliphatic carbocycles. The zero-order chi connectivity index (χ0) is 23.7. The van der Waals surface area contributed by atoms with E-state index in [1.807, 2.05) is 67.6 Å². The third-order valence-electron chi connectivity index (χ3n) is 6.43. The molecule has 4 aromatic rings. The first-order valence-corrected chi connectivity index (χ1v) is 11.8. The van der Waals surface area contributed by atoms with Crippen molar-refractivity contribution < 1.29 is 4.39 Å². The molecule has 2 heterocycles. The number of benzene rings is 3. The summed E-state index contributed by atoms with van der Waals surface area (Å²) in [5.41, 5.74) is 4.04. The van der Waals surface area contributed by atoms with Gasteiger partial charge in [0.2, 0.25) is 0 Å². The van der Waals surface area contributed by atoms with Gasteiger partial charge in [0, 0.05) is 31.6 Å². The van der Waals surface area contributed by atoms with E-state index in [9.17, 15) is 9.18 Å². The summed E-state index contributed by atoms with van der Waals surface area (Å²) in [5.74, 6) is 0.290. The fourth-order valence-electron chi connectivity index (χ4n) is 4.78. The summed E-state index contributed by atoms with van der Waals surface area (Å²) in [4.78, 5) is 20.9. The number of nitrogens with zero attached hydrogens (tertiary/aromatic N) is 3. The van der Waals surface area contributed by atoms with Crippen molar-refractivity contribution in [3.8, 4) is 0 Å². The molecule has 0 N–H and O–H groups in total. The van der Waals surface area contributed by atoms with E-state index in [0.717, 1.165) is 16.8 Å². The van der Waals surface area contributed by atoms with Crippen LogP contribution >= 0.6 is 11.6 Å². The Morgan fingerprint density at radius 1 is 0.971 bits per heavy atom. The minimum Gasteiger partial charge on any atom is -0.294 e.